The summed E-state index contributed by atoms with van der Waals surface area (Å²) in [6, 6.07) is 32.7. The number of carbonyl (C=O) groups excluding carboxylic acids is 6. The van der Waals surface area contributed by atoms with Gasteiger partial charge in [0.25, 0.3) is 0 Å². The first-order valence-corrected chi connectivity index (χ1v) is 19.1. The lowest BCUT2D eigenvalue weighted by molar-refractivity contribution is -0.128. The monoisotopic (exact) mass is 864 g/mol. The fourth-order valence-electron chi connectivity index (χ4n) is 5.55. The number of allylic oxidation sites excluding steroid dienone is 5. The fourth-order valence-corrected chi connectivity index (χ4v) is 5.55. The minimum atomic E-state index is -0.668. The molecule has 3 aliphatic carbocycles. The van der Waals surface area contributed by atoms with Gasteiger partial charge in [-0.05, 0) is 104 Å². The zero-order valence-electron chi connectivity index (χ0n) is 33.6. The number of phenols is 4. The van der Waals surface area contributed by atoms with Crippen molar-refractivity contribution in [2.45, 2.75) is 19.4 Å². The van der Waals surface area contributed by atoms with Crippen LogP contribution in [0.25, 0.3) is 0 Å². The molecule has 0 saturated carbocycles. The molecule has 0 amide bonds. The average molecular weight is 865 g/mol. The zero-order valence-corrected chi connectivity index (χ0v) is 33.6. The summed E-state index contributed by atoms with van der Waals surface area (Å²) in [5, 5.41) is 37.7. The second-order valence-electron chi connectivity index (χ2n) is 13.6. The van der Waals surface area contributed by atoms with Gasteiger partial charge < -0.3 is 44.1 Å². The van der Waals surface area contributed by atoms with Crippen LogP contribution in [-0.4, -0.2) is 61.2 Å². The smallest absolute Gasteiger partial charge is 0.225 e. The van der Waals surface area contributed by atoms with Gasteiger partial charge in [0.05, 0.1) is 6.42 Å². The lowest BCUT2D eigenvalue weighted by atomic mass is 9.96. The van der Waals surface area contributed by atoms with E-state index in [0.29, 0.717) is 22.8 Å². The van der Waals surface area contributed by atoms with E-state index in [1.165, 1.54) is 78.9 Å². The van der Waals surface area contributed by atoms with Gasteiger partial charge in [0.2, 0.25) is 23.1 Å². The number of ketones is 6. The van der Waals surface area contributed by atoms with Crippen molar-refractivity contribution in [1.82, 2.24) is 0 Å². The Bertz CT molecular complexity index is 2610. The van der Waals surface area contributed by atoms with Crippen LogP contribution in [0.1, 0.15) is 13.3 Å². The minimum Gasteiger partial charge on any atom is -0.508 e. The summed E-state index contributed by atoms with van der Waals surface area (Å²) < 4.78 is 26.7. The molecule has 0 radical (unpaired) electrons. The molecule has 5 aromatic rings. The van der Waals surface area contributed by atoms with E-state index in [4.69, 9.17) is 23.7 Å². The average Bonchev–Trinajstić information content (AvgIpc) is 3.27. The SMILES string of the molecule is CC1=CC(=O)C(Oc2ccccc2)CC1=O.O=C1C=C(Oc2ccc(O)cc2)C(=O)C=C1Oc1ccc(O)cc1.O=C1C=C(Oc2ccccc2O)C(=O)C=C1Oc1ccccc1O. The molecule has 0 fully saturated rings. The third kappa shape index (κ3) is 12.1. The molecule has 4 N–H and O–H groups in total. The van der Waals surface area contributed by atoms with E-state index in [2.05, 4.69) is 0 Å². The molecule has 0 aromatic heterocycles. The van der Waals surface area contributed by atoms with Crippen molar-refractivity contribution in [2.75, 3.05) is 0 Å². The number of hydrogen-bond donors (Lipinski definition) is 4. The molecule has 5 aromatic carbocycles. The van der Waals surface area contributed by atoms with Crippen LogP contribution in [0.5, 0.6) is 51.7 Å². The summed E-state index contributed by atoms with van der Waals surface area (Å²) in [6.45, 7) is 1.65. The van der Waals surface area contributed by atoms with Crippen molar-refractivity contribution >= 4 is 34.7 Å². The number of benzene rings is 5. The van der Waals surface area contributed by atoms with Crippen LogP contribution in [0, 0.1) is 0 Å². The molecule has 15 nitrogen and oxygen atoms in total. The molecular formula is C49H36O15. The van der Waals surface area contributed by atoms with Crippen molar-refractivity contribution in [3.63, 3.8) is 0 Å². The molecule has 0 aliphatic heterocycles. The van der Waals surface area contributed by atoms with Gasteiger partial charge in [0.1, 0.15) is 28.7 Å². The second kappa shape index (κ2) is 20.5. The van der Waals surface area contributed by atoms with Gasteiger partial charge in [-0.1, -0.05) is 42.5 Å². The predicted molar refractivity (Wildman–Crippen MR) is 227 cm³/mol. The molecule has 1 unspecified atom stereocenters. The maximum Gasteiger partial charge on any atom is 0.225 e. The van der Waals surface area contributed by atoms with Crippen molar-refractivity contribution < 1.29 is 72.9 Å². The fraction of sp³-hybridized carbons (Fsp3) is 0.0612. The van der Waals surface area contributed by atoms with Crippen LogP contribution in [0.15, 0.2) is 186 Å². The van der Waals surface area contributed by atoms with Crippen LogP contribution < -0.4 is 23.7 Å². The highest BCUT2D eigenvalue weighted by Gasteiger charge is 2.28. The first-order chi connectivity index (χ1) is 30.7. The maximum absolute atomic E-state index is 12.1. The summed E-state index contributed by atoms with van der Waals surface area (Å²) in [5.74, 6) is -1.94. The number of rotatable bonds is 10. The molecule has 0 heterocycles. The Kier molecular flexibility index (Phi) is 14.3. The normalized spacial score (nSPS) is 15.6. The number of hydrogen-bond acceptors (Lipinski definition) is 15. The molecule has 322 valence electrons. The molecule has 15 heteroatoms. The largest absolute Gasteiger partial charge is 0.508 e. The number of para-hydroxylation sites is 5. The van der Waals surface area contributed by atoms with Gasteiger partial charge in [-0.2, -0.15) is 0 Å². The second-order valence-corrected chi connectivity index (χ2v) is 13.6. The molecule has 0 saturated heterocycles. The van der Waals surface area contributed by atoms with E-state index in [1.54, 1.807) is 43.3 Å². The van der Waals surface area contributed by atoms with Crippen molar-refractivity contribution in [3.05, 3.63) is 186 Å². The molecule has 8 rings (SSSR count). The van der Waals surface area contributed by atoms with Crippen LogP contribution >= 0.6 is 0 Å². The van der Waals surface area contributed by atoms with Gasteiger partial charge in [0, 0.05) is 24.3 Å². The van der Waals surface area contributed by atoms with Gasteiger partial charge in [-0.25, -0.2) is 0 Å². The summed E-state index contributed by atoms with van der Waals surface area (Å²) in [6.07, 6.45) is 4.87. The lowest BCUT2D eigenvalue weighted by Crippen LogP contribution is -2.33. The summed E-state index contributed by atoms with van der Waals surface area (Å²) in [7, 11) is 0. The Morgan fingerprint density at radius 1 is 0.422 bits per heavy atom. The summed E-state index contributed by atoms with van der Waals surface area (Å²) in [5.41, 5.74) is 0.512. The first kappa shape index (κ1) is 44.6. The van der Waals surface area contributed by atoms with Gasteiger partial charge >= 0.3 is 0 Å². The lowest BCUT2D eigenvalue weighted by Gasteiger charge is -2.19. The molecule has 1 atom stereocenters. The Hall–Kier alpha value is -8.98. The van der Waals surface area contributed by atoms with Gasteiger partial charge in [-0.3, -0.25) is 28.8 Å². The summed E-state index contributed by atoms with van der Waals surface area (Å²) >= 11 is 0. The van der Waals surface area contributed by atoms with E-state index in [-0.39, 0.29) is 75.5 Å². The van der Waals surface area contributed by atoms with Crippen molar-refractivity contribution in [1.29, 1.82) is 0 Å². The van der Waals surface area contributed by atoms with E-state index in [0.717, 1.165) is 24.3 Å². The number of aromatic hydroxyl groups is 4. The van der Waals surface area contributed by atoms with Gasteiger partial charge in [-0.15, -0.1) is 0 Å². The molecule has 3 aliphatic rings. The summed E-state index contributed by atoms with van der Waals surface area (Å²) in [4.78, 5) is 71.4. The topological polar surface area (TPSA) is 229 Å². The zero-order chi connectivity index (χ0) is 45.8. The predicted octanol–water partition coefficient (Wildman–Crippen LogP) is 6.87. The minimum absolute atomic E-state index is 0.0273. The quantitative estimate of drug-likeness (QED) is 0.105. The molecule has 64 heavy (non-hydrogen) atoms. The number of Topliss-reactive ketones (excluding diaryl/α,β-unsaturated/α-hetero) is 1. The number of phenolic OH excluding ortho intramolecular Hbond substituents is 4. The van der Waals surface area contributed by atoms with Crippen molar-refractivity contribution in [3.8, 4) is 51.7 Å². The highest BCUT2D eigenvalue weighted by Crippen LogP contribution is 2.31. The standard InChI is InChI=1S/2C18H12O6.C13H12O3/c19-11-1-5-13(6-2-11)23-17-9-16(22)18(10-15(17)21)24-14-7-3-12(20)4-8-14;19-11-5-1-3-7-15(11)23-17-9-14(22)18(10-13(17)21)24-16-8-4-2-6-12(16)20;1-9-7-12(15)13(8-11(9)14)16-10-5-3-2-4-6-10/h2*1-10,19-20H;2-7,13H,8H2,1H3. The van der Waals surface area contributed by atoms with Crippen LogP contribution in [-0.2, 0) is 28.8 Å². The van der Waals surface area contributed by atoms with Crippen LogP contribution in [0.4, 0.5) is 0 Å². The van der Waals surface area contributed by atoms with E-state index in [1.807, 2.05) is 18.2 Å². The van der Waals surface area contributed by atoms with E-state index >= 15 is 0 Å². The van der Waals surface area contributed by atoms with Gasteiger partial charge in [0.15, 0.2) is 63.7 Å². The maximum atomic E-state index is 12.1. The number of carbonyl (C=O) groups is 6. The van der Waals surface area contributed by atoms with Crippen molar-refractivity contribution in [2.24, 2.45) is 0 Å². The molecular weight excluding hydrogens is 829 g/mol. The third-order valence-electron chi connectivity index (χ3n) is 8.83. The van der Waals surface area contributed by atoms with Crippen LogP contribution in [0.3, 0.4) is 0 Å². The highest BCUT2D eigenvalue weighted by atomic mass is 16.5. The Balaban J connectivity index is 0.000000163. The highest BCUT2D eigenvalue weighted by molar-refractivity contribution is 6.19. The Morgan fingerprint density at radius 2 is 0.797 bits per heavy atom. The van der Waals surface area contributed by atoms with E-state index < -0.39 is 29.2 Å². The van der Waals surface area contributed by atoms with Crippen LogP contribution in [0.2, 0.25) is 0 Å². The molecule has 0 bridgehead atoms. The molecule has 0 spiro atoms. The first-order valence-electron chi connectivity index (χ1n) is 19.1. The Morgan fingerprint density at radius 3 is 1.20 bits per heavy atom. The Labute approximate surface area is 364 Å². The van der Waals surface area contributed by atoms with E-state index in [9.17, 15) is 49.2 Å². The third-order valence-corrected chi connectivity index (χ3v) is 8.83. The number of ether oxygens (including phenoxy) is 5.